The van der Waals surface area contributed by atoms with Gasteiger partial charge in [0.25, 0.3) is 11.6 Å². The number of rotatable bonds is 8. The molecule has 25 heavy (non-hydrogen) atoms. The number of nitro groups is 1. The van der Waals surface area contributed by atoms with E-state index in [0.717, 1.165) is 0 Å². The molecule has 0 spiro atoms. The summed E-state index contributed by atoms with van der Waals surface area (Å²) in [6.45, 7) is 1.91. The van der Waals surface area contributed by atoms with Crippen LogP contribution < -0.4 is 5.32 Å². The molecule has 1 amide bonds. The third-order valence-corrected chi connectivity index (χ3v) is 3.64. The third kappa shape index (κ3) is 4.63. The summed E-state index contributed by atoms with van der Waals surface area (Å²) < 4.78 is 1.42. The molecule has 2 N–H and O–H groups in total. The van der Waals surface area contributed by atoms with Crippen LogP contribution in [0.5, 0.6) is 0 Å². The number of aromatic nitrogens is 2. The number of carboxylic acid groups (broad SMARTS) is 1. The van der Waals surface area contributed by atoms with Crippen LogP contribution in [0.3, 0.4) is 0 Å². The van der Waals surface area contributed by atoms with E-state index < -0.39 is 22.7 Å². The van der Waals surface area contributed by atoms with Crippen molar-refractivity contribution in [3.8, 4) is 5.69 Å². The summed E-state index contributed by atoms with van der Waals surface area (Å²) in [6, 6.07) is 7.23. The molecule has 0 aliphatic heterocycles. The maximum Gasteiger partial charge on any atom is 0.308 e. The molecule has 1 aromatic carbocycles. The van der Waals surface area contributed by atoms with Crippen molar-refractivity contribution in [1.29, 1.82) is 0 Å². The fraction of sp³-hybridized carbons (Fsp3) is 0.312. The molecular weight excluding hydrogens is 328 g/mol. The lowest BCUT2D eigenvalue weighted by Crippen LogP contribution is -2.33. The average molecular weight is 346 g/mol. The van der Waals surface area contributed by atoms with E-state index in [-0.39, 0.29) is 17.9 Å². The fourth-order valence-corrected chi connectivity index (χ4v) is 2.28. The molecule has 0 aliphatic rings. The van der Waals surface area contributed by atoms with Gasteiger partial charge in [-0.15, -0.1) is 0 Å². The Kier molecular flexibility index (Phi) is 5.83. The number of nitrogens with one attached hydrogen (secondary N) is 1. The average Bonchev–Trinajstić information content (AvgIpc) is 3.08. The summed E-state index contributed by atoms with van der Waals surface area (Å²) in [4.78, 5) is 33.3. The zero-order valence-electron chi connectivity index (χ0n) is 13.6. The molecule has 0 fully saturated rings. The van der Waals surface area contributed by atoms with Crippen molar-refractivity contribution in [2.24, 2.45) is 5.92 Å². The SMILES string of the molecule is CCCC(CNC(=O)c1ccn(-c2ccc([N+](=O)[O-])cc2)n1)C(=O)O. The first-order chi connectivity index (χ1) is 11.9. The topological polar surface area (TPSA) is 127 Å². The van der Waals surface area contributed by atoms with E-state index in [4.69, 9.17) is 5.11 Å². The van der Waals surface area contributed by atoms with Crippen LogP contribution in [0, 0.1) is 16.0 Å². The number of nitro benzene ring substituents is 1. The quantitative estimate of drug-likeness (QED) is 0.556. The fourth-order valence-electron chi connectivity index (χ4n) is 2.28. The normalized spacial score (nSPS) is 11.7. The Morgan fingerprint density at radius 3 is 2.56 bits per heavy atom. The third-order valence-electron chi connectivity index (χ3n) is 3.64. The lowest BCUT2D eigenvalue weighted by Gasteiger charge is -2.11. The predicted molar refractivity (Wildman–Crippen MR) is 88.6 cm³/mol. The maximum atomic E-state index is 12.1. The Balaban J connectivity index is 2.03. The van der Waals surface area contributed by atoms with Crippen LogP contribution >= 0.6 is 0 Å². The zero-order valence-corrected chi connectivity index (χ0v) is 13.6. The van der Waals surface area contributed by atoms with Crippen molar-refractivity contribution in [3.05, 3.63) is 52.3 Å². The largest absolute Gasteiger partial charge is 0.481 e. The van der Waals surface area contributed by atoms with Gasteiger partial charge in [-0.3, -0.25) is 19.7 Å². The number of hydrogen-bond donors (Lipinski definition) is 2. The highest BCUT2D eigenvalue weighted by molar-refractivity contribution is 5.92. The number of carboxylic acids is 1. The van der Waals surface area contributed by atoms with Crippen molar-refractivity contribution >= 4 is 17.6 Å². The Hall–Kier alpha value is -3.23. The maximum absolute atomic E-state index is 12.1. The molecule has 0 radical (unpaired) electrons. The van der Waals surface area contributed by atoms with E-state index in [2.05, 4.69) is 10.4 Å². The van der Waals surface area contributed by atoms with Crippen LogP contribution in [0.15, 0.2) is 36.5 Å². The van der Waals surface area contributed by atoms with Crippen molar-refractivity contribution in [2.75, 3.05) is 6.54 Å². The first kappa shape index (κ1) is 18.1. The standard InChI is InChI=1S/C16H18N4O5/c1-2-3-11(16(22)23)10-17-15(21)14-8-9-19(18-14)12-4-6-13(7-5-12)20(24)25/h4-9,11H,2-3,10H2,1H3,(H,17,21)(H,22,23). The molecule has 9 heteroatoms. The lowest BCUT2D eigenvalue weighted by molar-refractivity contribution is -0.384. The van der Waals surface area contributed by atoms with Gasteiger partial charge in [0.2, 0.25) is 0 Å². The summed E-state index contributed by atoms with van der Waals surface area (Å²) in [7, 11) is 0. The number of amides is 1. The first-order valence-electron chi connectivity index (χ1n) is 7.74. The van der Waals surface area contributed by atoms with Crippen LogP contribution in [0.1, 0.15) is 30.3 Å². The number of hydrogen-bond acceptors (Lipinski definition) is 5. The van der Waals surface area contributed by atoms with Crippen LogP contribution in [-0.4, -0.2) is 38.2 Å². The Morgan fingerprint density at radius 2 is 2.00 bits per heavy atom. The van der Waals surface area contributed by atoms with Gasteiger partial charge in [0.05, 0.1) is 16.5 Å². The first-order valence-corrected chi connectivity index (χ1v) is 7.74. The number of nitrogens with zero attached hydrogens (tertiary/aromatic N) is 3. The number of aliphatic carboxylic acids is 1. The second kappa shape index (κ2) is 8.04. The Bertz CT molecular complexity index is 769. The van der Waals surface area contributed by atoms with E-state index >= 15 is 0 Å². The summed E-state index contributed by atoms with van der Waals surface area (Å²) in [5, 5.41) is 26.4. The van der Waals surface area contributed by atoms with Crippen molar-refractivity contribution in [2.45, 2.75) is 19.8 Å². The number of carbonyl (C=O) groups excluding carboxylic acids is 1. The molecule has 2 rings (SSSR count). The molecule has 1 aromatic heterocycles. The van der Waals surface area contributed by atoms with Crippen molar-refractivity contribution in [1.82, 2.24) is 15.1 Å². The summed E-state index contributed by atoms with van der Waals surface area (Å²) in [6.07, 6.45) is 2.74. The van der Waals surface area contributed by atoms with Crippen molar-refractivity contribution < 1.29 is 19.6 Å². The van der Waals surface area contributed by atoms with E-state index in [1.807, 2.05) is 6.92 Å². The van der Waals surface area contributed by atoms with Crippen LogP contribution in [0.25, 0.3) is 5.69 Å². The molecular formula is C16H18N4O5. The highest BCUT2D eigenvalue weighted by atomic mass is 16.6. The second-order valence-corrected chi connectivity index (χ2v) is 5.45. The highest BCUT2D eigenvalue weighted by Crippen LogP contribution is 2.15. The molecule has 1 heterocycles. The number of non-ortho nitro benzene ring substituents is 1. The molecule has 1 atom stereocenters. The summed E-state index contributed by atoms with van der Waals surface area (Å²) >= 11 is 0. The summed E-state index contributed by atoms with van der Waals surface area (Å²) in [5.74, 6) is -2.05. The van der Waals surface area contributed by atoms with Gasteiger partial charge in [-0.25, -0.2) is 4.68 Å². The number of carbonyl (C=O) groups is 2. The van der Waals surface area contributed by atoms with E-state index in [1.165, 1.54) is 35.0 Å². The smallest absolute Gasteiger partial charge is 0.308 e. The van der Waals surface area contributed by atoms with Gasteiger partial charge in [-0.2, -0.15) is 5.10 Å². The molecule has 0 saturated heterocycles. The van der Waals surface area contributed by atoms with Gasteiger partial charge in [0, 0.05) is 24.9 Å². The minimum absolute atomic E-state index is 0.0341. The molecule has 9 nitrogen and oxygen atoms in total. The van der Waals surface area contributed by atoms with Gasteiger partial charge in [-0.05, 0) is 24.6 Å². The minimum Gasteiger partial charge on any atom is -0.481 e. The van der Waals surface area contributed by atoms with Gasteiger partial charge >= 0.3 is 5.97 Å². The monoisotopic (exact) mass is 346 g/mol. The Morgan fingerprint density at radius 1 is 1.32 bits per heavy atom. The van der Waals surface area contributed by atoms with Gasteiger partial charge in [0.15, 0.2) is 5.69 Å². The van der Waals surface area contributed by atoms with Crippen LogP contribution in [0.4, 0.5) is 5.69 Å². The molecule has 0 aliphatic carbocycles. The molecule has 1 unspecified atom stereocenters. The molecule has 2 aromatic rings. The molecule has 132 valence electrons. The molecule has 0 bridgehead atoms. The van der Waals surface area contributed by atoms with Crippen LogP contribution in [0.2, 0.25) is 0 Å². The van der Waals surface area contributed by atoms with E-state index in [1.54, 1.807) is 6.20 Å². The minimum atomic E-state index is -0.946. The van der Waals surface area contributed by atoms with Gasteiger partial charge < -0.3 is 10.4 Å². The van der Waals surface area contributed by atoms with E-state index in [0.29, 0.717) is 18.5 Å². The lowest BCUT2D eigenvalue weighted by atomic mass is 10.0. The van der Waals surface area contributed by atoms with Crippen LogP contribution in [-0.2, 0) is 4.79 Å². The van der Waals surface area contributed by atoms with Crippen molar-refractivity contribution in [3.63, 3.8) is 0 Å². The summed E-state index contributed by atoms with van der Waals surface area (Å²) in [5.41, 5.74) is 0.669. The number of benzene rings is 1. The van der Waals surface area contributed by atoms with Gasteiger partial charge in [-0.1, -0.05) is 13.3 Å². The molecule has 0 saturated carbocycles. The zero-order chi connectivity index (χ0) is 18.4. The van der Waals surface area contributed by atoms with E-state index in [9.17, 15) is 19.7 Å². The Labute approximate surface area is 143 Å². The highest BCUT2D eigenvalue weighted by Gasteiger charge is 2.18. The van der Waals surface area contributed by atoms with Gasteiger partial charge in [0.1, 0.15) is 0 Å². The second-order valence-electron chi connectivity index (χ2n) is 5.45. The predicted octanol–water partition coefficient (Wildman–Crippen LogP) is 2.01.